The summed E-state index contributed by atoms with van der Waals surface area (Å²) in [5.74, 6) is -0.851. The third-order valence-electron chi connectivity index (χ3n) is 3.15. The van der Waals surface area contributed by atoms with E-state index < -0.39 is 23.2 Å². The van der Waals surface area contributed by atoms with Crippen molar-refractivity contribution in [3.05, 3.63) is 29.8 Å². The van der Waals surface area contributed by atoms with E-state index in [1.807, 2.05) is 0 Å². The van der Waals surface area contributed by atoms with Crippen LogP contribution in [-0.4, -0.2) is 25.1 Å². The number of halogens is 3. The molecule has 1 atom stereocenters. The van der Waals surface area contributed by atoms with Crippen molar-refractivity contribution in [3.63, 3.8) is 0 Å². The van der Waals surface area contributed by atoms with Gasteiger partial charge in [0.05, 0.1) is 17.7 Å². The molecule has 0 saturated carbocycles. The summed E-state index contributed by atoms with van der Waals surface area (Å²) in [6.45, 7) is 1.50. The molecule has 0 fully saturated rings. The highest BCUT2D eigenvalue weighted by Crippen LogP contribution is 2.35. The van der Waals surface area contributed by atoms with Gasteiger partial charge >= 0.3 is 6.18 Å². The Bertz CT molecular complexity index is 477. The molecule has 0 aliphatic rings. The number of carbonyl (C=O) groups is 1. The topological polar surface area (TPSA) is 64.3 Å². The number of ether oxygens (including phenoxy) is 1. The zero-order valence-corrected chi connectivity index (χ0v) is 11.3. The molecule has 0 spiro atoms. The molecule has 3 N–H and O–H groups in total. The summed E-state index contributed by atoms with van der Waals surface area (Å²) in [6.07, 6.45) is -4.32. The van der Waals surface area contributed by atoms with E-state index in [-0.39, 0.29) is 18.8 Å². The minimum absolute atomic E-state index is 0.0621. The van der Waals surface area contributed by atoms with Gasteiger partial charge in [-0.05, 0) is 26.1 Å². The van der Waals surface area contributed by atoms with Crippen molar-refractivity contribution in [2.24, 2.45) is 5.73 Å². The molecule has 1 aromatic rings. The van der Waals surface area contributed by atoms with E-state index in [1.165, 1.54) is 18.2 Å². The molecule has 0 bridgehead atoms. The molecular formula is C13H17F3N2O2. The number of alkyl halides is 3. The van der Waals surface area contributed by atoms with Crippen LogP contribution in [0.15, 0.2) is 24.3 Å². The average Bonchev–Trinajstić information content (AvgIpc) is 2.37. The second-order valence-corrected chi connectivity index (χ2v) is 4.54. The maximum Gasteiger partial charge on any atom is 0.419 e. The second kappa shape index (κ2) is 6.13. The molecule has 4 nitrogen and oxygen atoms in total. The first-order chi connectivity index (χ1) is 9.20. The molecule has 0 aliphatic carbocycles. The van der Waals surface area contributed by atoms with Gasteiger partial charge in [-0.15, -0.1) is 0 Å². The fourth-order valence-corrected chi connectivity index (χ4v) is 1.56. The summed E-state index contributed by atoms with van der Waals surface area (Å²) in [5, 5.41) is 2.73. The van der Waals surface area contributed by atoms with Crippen molar-refractivity contribution in [1.29, 1.82) is 0 Å². The van der Waals surface area contributed by atoms with Crippen LogP contribution in [0.25, 0.3) is 0 Å². The van der Waals surface area contributed by atoms with Gasteiger partial charge in [0.2, 0.25) is 5.91 Å². The lowest BCUT2D eigenvalue weighted by atomic mass is 9.98. The fourth-order valence-electron chi connectivity index (χ4n) is 1.56. The van der Waals surface area contributed by atoms with Gasteiger partial charge in [0.25, 0.3) is 0 Å². The Labute approximate surface area is 115 Å². The number of likely N-dealkylation sites (N-methyl/N-ethyl adjacent to an activating group) is 1. The summed E-state index contributed by atoms with van der Waals surface area (Å²) >= 11 is 0. The predicted molar refractivity (Wildman–Crippen MR) is 68.2 cm³/mol. The van der Waals surface area contributed by atoms with Gasteiger partial charge in [-0.1, -0.05) is 12.1 Å². The average molecular weight is 290 g/mol. The molecule has 0 heterocycles. The monoisotopic (exact) mass is 290 g/mol. The van der Waals surface area contributed by atoms with Crippen molar-refractivity contribution in [1.82, 2.24) is 5.32 Å². The van der Waals surface area contributed by atoms with Crippen LogP contribution in [0.1, 0.15) is 18.9 Å². The predicted octanol–water partition coefficient (Wildman–Crippen LogP) is 1.94. The van der Waals surface area contributed by atoms with Gasteiger partial charge in [0.15, 0.2) is 0 Å². The first-order valence-corrected chi connectivity index (χ1v) is 5.98. The molecule has 1 rings (SSSR count). The van der Waals surface area contributed by atoms with E-state index in [1.54, 1.807) is 14.0 Å². The lowest BCUT2D eigenvalue weighted by Crippen LogP contribution is -2.52. The normalized spacial score (nSPS) is 14.7. The minimum Gasteiger partial charge on any atom is -0.493 e. The Kier molecular flexibility index (Phi) is 4.99. The van der Waals surface area contributed by atoms with E-state index in [0.717, 1.165) is 6.07 Å². The summed E-state index contributed by atoms with van der Waals surface area (Å²) in [5.41, 5.74) is 3.36. The van der Waals surface area contributed by atoms with E-state index >= 15 is 0 Å². The highest BCUT2D eigenvalue weighted by atomic mass is 19.4. The lowest BCUT2D eigenvalue weighted by Gasteiger charge is -2.25. The molecule has 0 aliphatic heterocycles. The van der Waals surface area contributed by atoms with E-state index in [2.05, 4.69) is 5.32 Å². The van der Waals surface area contributed by atoms with Crippen LogP contribution in [0.3, 0.4) is 0 Å². The van der Waals surface area contributed by atoms with E-state index in [4.69, 9.17) is 10.5 Å². The lowest BCUT2D eigenvalue weighted by molar-refractivity contribution is -0.139. The van der Waals surface area contributed by atoms with Gasteiger partial charge in [0, 0.05) is 6.42 Å². The van der Waals surface area contributed by atoms with Gasteiger partial charge in [-0.3, -0.25) is 4.79 Å². The molecule has 0 radical (unpaired) electrons. The van der Waals surface area contributed by atoms with Crippen LogP contribution in [0.5, 0.6) is 5.75 Å². The Hall–Kier alpha value is -1.76. The highest BCUT2D eigenvalue weighted by molar-refractivity contribution is 5.84. The molecule has 1 unspecified atom stereocenters. The zero-order valence-electron chi connectivity index (χ0n) is 11.3. The maximum atomic E-state index is 12.7. The number of amides is 1. The molecule has 20 heavy (non-hydrogen) atoms. The first kappa shape index (κ1) is 16.3. The standard InChI is InChI=1S/C13H17F3N2O2/c1-12(18-2,11(17)19)7-8-20-10-6-4-3-5-9(10)13(14,15)16/h3-6,18H,7-8H2,1-2H3,(H2,17,19). The zero-order chi connectivity index (χ0) is 15.4. The Morgan fingerprint density at radius 2 is 1.95 bits per heavy atom. The third-order valence-corrected chi connectivity index (χ3v) is 3.15. The van der Waals surface area contributed by atoms with E-state index in [0.29, 0.717) is 0 Å². The fraction of sp³-hybridized carbons (Fsp3) is 0.462. The maximum absolute atomic E-state index is 12.7. The van der Waals surface area contributed by atoms with Crippen molar-refractivity contribution < 1.29 is 22.7 Å². The molecule has 112 valence electrons. The number of carbonyl (C=O) groups excluding carboxylic acids is 1. The Morgan fingerprint density at radius 3 is 2.45 bits per heavy atom. The smallest absolute Gasteiger partial charge is 0.419 e. The molecule has 7 heteroatoms. The third kappa shape index (κ3) is 3.86. The number of hydrogen-bond acceptors (Lipinski definition) is 3. The van der Waals surface area contributed by atoms with Crippen LogP contribution in [0, 0.1) is 0 Å². The van der Waals surface area contributed by atoms with Crippen molar-refractivity contribution in [2.45, 2.75) is 25.1 Å². The number of primary amides is 1. The molecule has 1 amide bonds. The van der Waals surface area contributed by atoms with Gasteiger partial charge in [0.1, 0.15) is 5.75 Å². The molecule has 1 aromatic carbocycles. The number of nitrogens with two attached hydrogens (primary N) is 1. The SMILES string of the molecule is CNC(C)(CCOc1ccccc1C(F)(F)F)C(N)=O. The number of rotatable bonds is 6. The Balaban J connectivity index is 2.75. The number of para-hydroxylation sites is 1. The van der Waals surface area contributed by atoms with Crippen molar-refractivity contribution >= 4 is 5.91 Å². The van der Waals surface area contributed by atoms with E-state index in [9.17, 15) is 18.0 Å². The number of hydrogen-bond donors (Lipinski definition) is 2. The largest absolute Gasteiger partial charge is 0.493 e. The Morgan fingerprint density at radius 1 is 1.35 bits per heavy atom. The molecular weight excluding hydrogens is 273 g/mol. The van der Waals surface area contributed by atoms with Gasteiger partial charge in [-0.2, -0.15) is 13.2 Å². The van der Waals surface area contributed by atoms with Crippen LogP contribution >= 0.6 is 0 Å². The van der Waals surface area contributed by atoms with Crippen LogP contribution in [0.4, 0.5) is 13.2 Å². The van der Waals surface area contributed by atoms with Crippen LogP contribution in [0.2, 0.25) is 0 Å². The quantitative estimate of drug-likeness (QED) is 0.841. The van der Waals surface area contributed by atoms with Gasteiger partial charge < -0.3 is 15.8 Å². The summed E-state index contributed by atoms with van der Waals surface area (Å²) in [6, 6.07) is 4.93. The number of nitrogens with one attached hydrogen (secondary N) is 1. The molecule has 0 aromatic heterocycles. The van der Waals surface area contributed by atoms with Crippen molar-refractivity contribution in [2.75, 3.05) is 13.7 Å². The number of benzene rings is 1. The van der Waals surface area contributed by atoms with Crippen molar-refractivity contribution in [3.8, 4) is 5.75 Å². The van der Waals surface area contributed by atoms with Crippen LogP contribution in [-0.2, 0) is 11.0 Å². The first-order valence-electron chi connectivity index (χ1n) is 5.98. The second-order valence-electron chi connectivity index (χ2n) is 4.54. The summed E-state index contributed by atoms with van der Waals surface area (Å²) in [4.78, 5) is 11.2. The molecule has 0 saturated heterocycles. The minimum atomic E-state index is -4.48. The highest BCUT2D eigenvalue weighted by Gasteiger charge is 2.34. The summed E-state index contributed by atoms with van der Waals surface area (Å²) in [7, 11) is 1.55. The van der Waals surface area contributed by atoms with Gasteiger partial charge in [-0.25, -0.2) is 0 Å². The summed E-state index contributed by atoms with van der Waals surface area (Å²) < 4.78 is 43.4. The van der Waals surface area contributed by atoms with Crippen LogP contribution < -0.4 is 15.8 Å².